The molecule has 0 saturated heterocycles. The maximum absolute atomic E-state index is 2.75. The average molecular weight is 707 g/mol. The minimum absolute atomic E-state index is 0.0367. The smallest absolute Gasteiger partial charge is 0.0593 e. The lowest BCUT2D eigenvalue weighted by molar-refractivity contribution is 0.543. The second-order valence-corrected chi connectivity index (χ2v) is 16.7. The zero-order valence-electron chi connectivity index (χ0n) is 31.3. The van der Waals surface area contributed by atoms with Gasteiger partial charge in [-0.25, -0.2) is 0 Å². The van der Waals surface area contributed by atoms with Gasteiger partial charge in [0.05, 0.1) is 23.3 Å². The Balaban J connectivity index is 1.03. The fourth-order valence-electron chi connectivity index (χ4n) is 11.0. The van der Waals surface area contributed by atoms with Crippen LogP contribution in [0.3, 0.4) is 0 Å². The first-order chi connectivity index (χ1) is 27.0. The molecule has 0 spiro atoms. The van der Waals surface area contributed by atoms with E-state index in [-0.39, 0.29) is 23.4 Å². The molecule has 0 bridgehead atoms. The summed E-state index contributed by atoms with van der Waals surface area (Å²) in [5.41, 5.74) is 15.0. The van der Waals surface area contributed by atoms with E-state index in [0.717, 1.165) is 12.8 Å². The Hall–Kier alpha value is -6.12. The summed E-state index contributed by atoms with van der Waals surface area (Å²) in [5, 5.41) is 6.57. The van der Waals surface area contributed by atoms with Crippen LogP contribution in [0.2, 0.25) is 0 Å². The first-order valence-electron chi connectivity index (χ1n) is 20.1. The van der Waals surface area contributed by atoms with Crippen LogP contribution in [-0.2, 0) is 5.41 Å². The second-order valence-electron chi connectivity index (χ2n) is 16.7. The van der Waals surface area contributed by atoms with E-state index in [1.165, 1.54) is 88.2 Å². The summed E-state index contributed by atoms with van der Waals surface area (Å²) < 4.78 is 2.51. The van der Waals surface area contributed by atoms with E-state index in [1.54, 1.807) is 0 Å². The summed E-state index contributed by atoms with van der Waals surface area (Å²) in [6.07, 6.45) is 28.5. The number of benzene rings is 5. The maximum atomic E-state index is 2.75. The Morgan fingerprint density at radius 3 is 2.45 bits per heavy atom. The zero-order chi connectivity index (χ0) is 36.4. The van der Waals surface area contributed by atoms with Gasteiger partial charge in [-0.2, -0.15) is 0 Å². The number of hydrogen-bond acceptors (Lipinski definition) is 1. The molecule has 1 aliphatic heterocycles. The van der Waals surface area contributed by atoms with Gasteiger partial charge < -0.3 is 9.47 Å². The van der Waals surface area contributed by atoms with Crippen molar-refractivity contribution < 1.29 is 0 Å². The number of allylic oxidation sites excluding steroid dienone is 7. The predicted molar refractivity (Wildman–Crippen MR) is 231 cm³/mol. The summed E-state index contributed by atoms with van der Waals surface area (Å²) in [6, 6.07) is 39.6. The van der Waals surface area contributed by atoms with E-state index in [9.17, 15) is 0 Å². The molecule has 2 nitrogen and oxygen atoms in total. The molecule has 0 fully saturated rings. The molecule has 5 aromatic carbocycles. The molecule has 2 heteroatoms. The largest absolute Gasteiger partial charge is 0.356 e. The second kappa shape index (κ2) is 11.4. The number of fused-ring (bicyclic) bond motifs is 11. The lowest BCUT2D eigenvalue weighted by atomic mass is 9.76. The van der Waals surface area contributed by atoms with Crippen LogP contribution < -0.4 is 15.5 Å². The predicted octanol–water partition coefficient (Wildman–Crippen LogP) is 11.0. The lowest BCUT2D eigenvalue weighted by Gasteiger charge is -2.41. The van der Waals surface area contributed by atoms with Crippen LogP contribution in [0.25, 0.3) is 56.2 Å². The van der Waals surface area contributed by atoms with E-state index in [2.05, 4.69) is 193 Å². The molecule has 264 valence electrons. The minimum atomic E-state index is -0.0367. The summed E-state index contributed by atoms with van der Waals surface area (Å²) in [7, 11) is 0. The van der Waals surface area contributed by atoms with E-state index in [0.29, 0.717) is 5.92 Å². The zero-order valence-corrected chi connectivity index (χ0v) is 31.3. The fourth-order valence-corrected chi connectivity index (χ4v) is 11.0. The van der Waals surface area contributed by atoms with E-state index >= 15 is 0 Å². The van der Waals surface area contributed by atoms with Gasteiger partial charge in [0.15, 0.2) is 0 Å². The normalized spacial score (nSPS) is 23.5. The number of hydrogen-bond donors (Lipinski definition) is 0. The van der Waals surface area contributed by atoms with Crippen LogP contribution in [-0.4, -0.2) is 16.7 Å². The number of anilines is 1. The molecule has 0 amide bonds. The van der Waals surface area contributed by atoms with Crippen molar-refractivity contribution in [3.05, 3.63) is 196 Å². The van der Waals surface area contributed by atoms with Crippen LogP contribution in [0, 0.1) is 5.92 Å². The molecule has 6 aliphatic rings. The highest BCUT2D eigenvalue weighted by molar-refractivity contribution is 5.96. The van der Waals surface area contributed by atoms with Gasteiger partial charge in [0.2, 0.25) is 0 Å². The van der Waals surface area contributed by atoms with Gasteiger partial charge in [-0.15, -0.1) is 0 Å². The first kappa shape index (κ1) is 31.3. The molecule has 0 saturated carbocycles. The molecule has 1 aromatic heterocycles. The van der Waals surface area contributed by atoms with Crippen LogP contribution in [0.1, 0.15) is 49.3 Å². The SMILES string of the molecule is CC1(C)C2=CC3c4cc(-c5ccc6c(c5)c5c(n6-c6cccc7ccccc67)=CCCC=5)ccc4N(C4C=CC=C5C=CC=CC54)C3C=C2c2ccccc21. The highest BCUT2D eigenvalue weighted by atomic mass is 15.2. The standard InChI is InChI=1S/C53H42N2/c1-53(2)45-21-9-7-19-39(45)41-32-52-44(31-46(41)53)43-30-36(26-28-51(43)55(52)48-24-12-16-34-14-4-6-18-38(34)48)35-25-27-50-42(29-35)40-20-8-10-22-49(40)54(50)47-23-11-15-33-13-3-5-17-37(33)47/h3-7,9,11-32,38,44,48,52H,8,10H2,1-2H3. The van der Waals surface area contributed by atoms with Gasteiger partial charge in [0.25, 0.3) is 0 Å². The number of nitrogens with zero attached hydrogens (tertiary/aromatic N) is 2. The molecular weight excluding hydrogens is 665 g/mol. The lowest BCUT2D eigenvalue weighted by Crippen LogP contribution is -2.45. The van der Waals surface area contributed by atoms with Gasteiger partial charge in [0, 0.05) is 44.3 Å². The van der Waals surface area contributed by atoms with E-state index < -0.39 is 0 Å². The van der Waals surface area contributed by atoms with Crippen LogP contribution >= 0.6 is 0 Å². The van der Waals surface area contributed by atoms with Gasteiger partial charge in [0.1, 0.15) is 0 Å². The third-order valence-corrected chi connectivity index (χ3v) is 13.5. The van der Waals surface area contributed by atoms with Crippen molar-refractivity contribution in [2.75, 3.05) is 4.90 Å². The van der Waals surface area contributed by atoms with Crippen molar-refractivity contribution in [1.29, 1.82) is 0 Å². The van der Waals surface area contributed by atoms with E-state index in [4.69, 9.17) is 0 Å². The fraction of sp³-hybridized carbons (Fsp3) is 0.170. The number of aromatic nitrogens is 1. The van der Waals surface area contributed by atoms with Gasteiger partial charge >= 0.3 is 0 Å². The topological polar surface area (TPSA) is 8.17 Å². The molecule has 4 atom stereocenters. The Kier molecular flexibility index (Phi) is 6.50. The Labute approximate surface area is 322 Å². The Bertz CT molecular complexity index is 2980. The van der Waals surface area contributed by atoms with Crippen molar-refractivity contribution in [1.82, 2.24) is 4.57 Å². The van der Waals surface area contributed by atoms with Crippen molar-refractivity contribution in [2.45, 2.75) is 50.1 Å². The monoisotopic (exact) mass is 706 g/mol. The first-order valence-corrected chi connectivity index (χ1v) is 20.1. The average Bonchev–Trinajstić information content (AvgIpc) is 3.81. The summed E-state index contributed by atoms with van der Waals surface area (Å²) >= 11 is 0. The highest BCUT2D eigenvalue weighted by Gasteiger charge is 2.48. The third-order valence-electron chi connectivity index (χ3n) is 13.5. The highest BCUT2D eigenvalue weighted by Crippen LogP contribution is 2.57. The molecular formula is C53H42N2. The minimum Gasteiger partial charge on any atom is -0.356 e. The summed E-state index contributed by atoms with van der Waals surface area (Å²) in [4.78, 5) is 2.75. The third kappa shape index (κ3) is 4.37. The van der Waals surface area contributed by atoms with Gasteiger partial charge in [-0.3, -0.25) is 0 Å². The van der Waals surface area contributed by atoms with Crippen LogP contribution in [0.15, 0.2) is 169 Å². The van der Waals surface area contributed by atoms with Gasteiger partial charge in [-0.05, 0) is 93.1 Å². The van der Waals surface area contributed by atoms with Gasteiger partial charge in [-0.1, -0.05) is 153 Å². The molecule has 12 rings (SSSR count). The molecule has 0 radical (unpaired) electrons. The van der Waals surface area contributed by atoms with Crippen molar-refractivity contribution in [2.24, 2.45) is 5.92 Å². The Morgan fingerprint density at radius 1 is 0.655 bits per heavy atom. The molecule has 4 unspecified atom stereocenters. The van der Waals surface area contributed by atoms with Crippen molar-refractivity contribution in [3.8, 4) is 16.8 Å². The Morgan fingerprint density at radius 2 is 1.49 bits per heavy atom. The van der Waals surface area contributed by atoms with E-state index in [1.807, 2.05) is 0 Å². The summed E-state index contributed by atoms with van der Waals surface area (Å²) in [5.74, 6) is 0.588. The van der Waals surface area contributed by atoms with Crippen LogP contribution in [0.5, 0.6) is 0 Å². The molecule has 5 aliphatic carbocycles. The van der Waals surface area contributed by atoms with Crippen molar-refractivity contribution in [3.63, 3.8) is 0 Å². The molecule has 2 heterocycles. The maximum Gasteiger partial charge on any atom is 0.0593 e. The number of rotatable bonds is 3. The quantitative estimate of drug-likeness (QED) is 0.178. The molecule has 55 heavy (non-hydrogen) atoms. The summed E-state index contributed by atoms with van der Waals surface area (Å²) in [6.45, 7) is 4.83. The van der Waals surface area contributed by atoms with Crippen LogP contribution in [0.4, 0.5) is 5.69 Å². The van der Waals surface area contributed by atoms with Crippen molar-refractivity contribution >= 4 is 45.1 Å². The molecule has 0 N–H and O–H groups in total. The molecule has 6 aromatic rings.